The van der Waals surface area contributed by atoms with Gasteiger partial charge in [-0.1, -0.05) is 127 Å². The highest BCUT2D eigenvalue weighted by Gasteiger charge is 2.26. The maximum Gasteiger partial charge on any atom is 0.0641 e. The summed E-state index contributed by atoms with van der Waals surface area (Å²) in [6, 6.07) is 73.6. The van der Waals surface area contributed by atoms with Crippen molar-refractivity contribution in [3.8, 4) is 22.3 Å². The Bertz CT molecular complexity index is 3620. The minimum atomic E-state index is 1.13. The van der Waals surface area contributed by atoms with Crippen LogP contribution in [-0.2, 0) is 0 Å². The van der Waals surface area contributed by atoms with Crippen molar-refractivity contribution in [3.05, 3.63) is 200 Å². The number of fused-ring (bicyclic) bond motifs is 12. The molecule has 0 N–H and O–H groups in total. The lowest BCUT2D eigenvalue weighted by Crippen LogP contribution is -2.10. The van der Waals surface area contributed by atoms with Crippen LogP contribution in [0.4, 0.5) is 17.1 Å². The van der Waals surface area contributed by atoms with Gasteiger partial charge in [0.15, 0.2) is 0 Å². The van der Waals surface area contributed by atoms with Crippen LogP contribution < -0.4 is 4.90 Å². The Hall–Kier alpha value is -7.62. The van der Waals surface area contributed by atoms with Crippen LogP contribution in [0, 0.1) is 0 Å². The number of nitrogens with zero attached hydrogens (tertiary/aromatic N) is 3. The van der Waals surface area contributed by atoms with E-state index < -0.39 is 0 Å². The summed E-state index contributed by atoms with van der Waals surface area (Å²) in [5.74, 6) is 0. The smallest absolute Gasteiger partial charge is 0.0641 e. The summed E-state index contributed by atoms with van der Waals surface area (Å²) in [4.78, 5) is 2.43. The van der Waals surface area contributed by atoms with Gasteiger partial charge in [-0.15, -0.1) is 0 Å². The Balaban J connectivity index is 1.21. The molecule has 4 aromatic heterocycles. The average molecular weight is 724 g/mol. The molecule has 4 heterocycles. The number of aromatic nitrogens is 2. The Kier molecular flexibility index (Phi) is 6.16. The van der Waals surface area contributed by atoms with Crippen molar-refractivity contribution in [2.45, 2.75) is 0 Å². The molecule has 0 fully saturated rings. The lowest BCUT2D eigenvalue weighted by atomic mass is 9.97. The molecule has 0 spiro atoms. The molecule has 0 unspecified atom stereocenters. The summed E-state index contributed by atoms with van der Waals surface area (Å²) in [7, 11) is 0. The molecule has 0 aliphatic carbocycles. The molecule has 0 radical (unpaired) electrons. The summed E-state index contributed by atoms with van der Waals surface area (Å²) in [6.45, 7) is 0. The second-order valence-corrected chi connectivity index (χ2v) is 15.3. The van der Waals surface area contributed by atoms with Gasteiger partial charge in [0.05, 0.1) is 38.8 Å². The molecule has 3 nitrogen and oxygen atoms in total. The number of benzene rings is 9. The van der Waals surface area contributed by atoms with E-state index in [1.807, 2.05) is 0 Å². The zero-order chi connectivity index (χ0) is 37.2. The van der Waals surface area contributed by atoms with Crippen LogP contribution in [0.1, 0.15) is 0 Å². The highest BCUT2D eigenvalue weighted by molar-refractivity contribution is 6.31. The van der Waals surface area contributed by atoms with E-state index in [0.29, 0.717) is 0 Å². The second kappa shape index (κ2) is 11.5. The molecule has 0 aliphatic heterocycles. The Morgan fingerprint density at radius 3 is 1.49 bits per heavy atom. The van der Waals surface area contributed by atoms with Crippen molar-refractivity contribution < 1.29 is 0 Å². The van der Waals surface area contributed by atoms with Crippen molar-refractivity contribution in [3.63, 3.8) is 0 Å². The summed E-state index contributed by atoms with van der Waals surface area (Å²) >= 11 is 0. The van der Waals surface area contributed by atoms with Crippen LogP contribution in [0.2, 0.25) is 0 Å². The molecular weight excluding hydrogens is 691 g/mol. The fourth-order valence-electron chi connectivity index (χ4n) is 9.90. The van der Waals surface area contributed by atoms with E-state index in [4.69, 9.17) is 0 Å². The first-order valence-corrected chi connectivity index (χ1v) is 19.7. The molecule has 0 bridgehead atoms. The first-order chi connectivity index (χ1) is 28.3. The van der Waals surface area contributed by atoms with Gasteiger partial charge < -0.3 is 13.7 Å². The van der Waals surface area contributed by atoms with E-state index in [-0.39, 0.29) is 0 Å². The van der Waals surface area contributed by atoms with Gasteiger partial charge in [0.2, 0.25) is 0 Å². The maximum atomic E-state index is 2.53. The summed E-state index contributed by atoms with van der Waals surface area (Å²) in [5.41, 5.74) is 15.8. The molecule has 0 saturated heterocycles. The summed E-state index contributed by atoms with van der Waals surface area (Å²) < 4.78 is 5.06. The van der Waals surface area contributed by atoms with Crippen LogP contribution >= 0.6 is 0 Å². The Labute approximate surface area is 328 Å². The molecule has 0 saturated carbocycles. The third-order valence-corrected chi connectivity index (χ3v) is 12.3. The third kappa shape index (κ3) is 4.20. The molecule has 0 aliphatic rings. The van der Waals surface area contributed by atoms with E-state index in [0.717, 1.165) is 11.4 Å². The third-order valence-electron chi connectivity index (χ3n) is 12.3. The molecule has 13 rings (SSSR count). The molecule has 3 heteroatoms. The molecule has 264 valence electrons. The molecule has 57 heavy (non-hydrogen) atoms. The van der Waals surface area contributed by atoms with Crippen LogP contribution in [-0.4, -0.2) is 8.80 Å². The Morgan fingerprint density at radius 1 is 0.281 bits per heavy atom. The zero-order valence-electron chi connectivity index (χ0n) is 30.9. The standard InChI is InChI=1S/C54H33N3/c1-5-15-34(16-6-1)36-25-27-48-42(29-36)44-30-37(35-17-7-2-8-18-35)31-45-43-32-46-51(33-50(43)56(48)53(44)45)57-47-24-14-13-23-40(47)41-26-28-49(52(46)54(41)57)55(38-19-9-3-10-20-38)39-21-11-4-12-22-39/h1-33H. The van der Waals surface area contributed by atoms with Gasteiger partial charge in [0.1, 0.15) is 0 Å². The van der Waals surface area contributed by atoms with Gasteiger partial charge in [-0.3, -0.25) is 0 Å². The quantitative estimate of drug-likeness (QED) is 0.172. The van der Waals surface area contributed by atoms with Crippen LogP contribution in [0.25, 0.3) is 98.4 Å². The largest absolute Gasteiger partial charge is 0.310 e. The van der Waals surface area contributed by atoms with Crippen molar-refractivity contribution in [2.24, 2.45) is 0 Å². The lowest BCUT2D eigenvalue weighted by Gasteiger charge is -2.26. The van der Waals surface area contributed by atoms with Crippen molar-refractivity contribution >= 4 is 93.3 Å². The highest BCUT2D eigenvalue weighted by atomic mass is 15.1. The molecule has 13 aromatic rings. The second-order valence-electron chi connectivity index (χ2n) is 15.3. The van der Waals surface area contributed by atoms with Gasteiger partial charge in [-0.2, -0.15) is 0 Å². The maximum absolute atomic E-state index is 2.53. The van der Waals surface area contributed by atoms with Gasteiger partial charge in [-0.05, 0) is 95.1 Å². The normalized spacial score (nSPS) is 12.2. The fourth-order valence-corrected chi connectivity index (χ4v) is 9.90. The monoisotopic (exact) mass is 723 g/mol. The van der Waals surface area contributed by atoms with E-state index in [1.54, 1.807) is 0 Å². The van der Waals surface area contributed by atoms with E-state index in [2.05, 4.69) is 214 Å². The van der Waals surface area contributed by atoms with Gasteiger partial charge in [0.25, 0.3) is 0 Å². The SMILES string of the molecule is c1ccc(-c2ccc3c(c2)c2cc(-c4ccccc4)cc4c5cc6c7c(N(c8ccccc8)c8ccccc8)ccc8c9ccccc9n(c6cc5n3c24)c87)cc1. The van der Waals surface area contributed by atoms with E-state index in [9.17, 15) is 0 Å². The molecule has 9 aromatic carbocycles. The minimum Gasteiger partial charge on any atom is -0.310 e. The zero-order valence-corrected chi connectivity index (χ0v) is 30.9. The predicted molar refractivity (Wildman–Crippen MR) is 241 cm³/mol. The first kappa shape index (κ1) is 30.7. The predicted octanol–water partition coefficient (Wildman–Crippen LogP) is 14.8. The van der Waals surface area contributed by atoms with E-state index in [1.165, 1.54) is 104 Å². The van der Waals surface area contributed by atoms with Crippen LogP contribution in [0.15, 0.2) is 200 Å². The van der Waals surface area contributed by atoms with Crippen molar-refractivity contribution in [1.29, 1.82) is 0 Å². The van der Waals surface area contributed by atoms with E-state index >= 15 is 0 Å². The van der Waals surface area contributed by atoms with Crippen molar-refractivity contribution in [2.75, 3.05) is 4.90 Å². The number of rotatable bonds is 5. The Morgan fingerprint density at radius 2 is 0.807 bits per heavy atom. The van der Waals surface area contributed by atoms with Gasteiger partial charge in [0, 0.05) is 54.5 Å². The van der Waals surface area contributed by atoms with Crippen LogP contribution in [0.5, 0.6) is 0 Å². The summed E-state index contributed by atoms with van der Waals surface area (Å²) in [5, 5.41) is 10.2. The molecule has 0 amide bonds. The van der Waals surface area contributed by atoms with Gasteiger partial charge in [-0.25, -0.2) is 0 Å². The number of hydrogen-bond donors (Lipinski definition) is 0. The first-order valence-electron chi connectivity index (χ1n) is 19.7. The highest BCUT2D eigenvalue weighted by Crippen LogP contribution is 2.50. The number of anilines is 3. The molecule has 0 atom stereocenters. The van der Waals surface area contributed by atoms with Crippen LogP contribution in [0.3, 0.4) is 0 Å². The number of para-hydroxylation sites is 3. The van der Waals surface area contributed by atoms with Crippen molar-refractivity contribution in [1.82, 2.24) is 8.80 Å². The fraction of sp³-hybridized carbons (Fsp3) is 0. The lowest BCUT2D eigenvalue weighted by molar-refractivity contribution is 1.30. The molecular formula is C54H33N3. The average Bonchev–Trinajstić information content (AvgIpc) is 4.00. The summed E-state index contributed by atoms with van der Waals surface area (Å²) in [6.07, 6.45) is 0. The topological polar surface area (TPSA) is 12.1 Å². The minimum absolute atomic E-state index is 1.13. The van der Waals surface area contributed by atoms with Gasteiger partial charge >= 0.3 is 0 Å². The number of hydrogen-bond acceptors (Lipinski definition) is 1.